The summed E-state index contributed by atoms with van der Waals surface area (Å²) in [6, 6.07) is 0. The fourth-order valence-corrected chi connectivity index (χ4v) is 10.3. The molecular formula is C74H130NO8P. The molecule has 0 aliphatic rings. The average molecular weight is 1190 g/mol. The summed E-state index contributed by atoms with van der Waals surface area (Å²) in [6.07, 6.45) is 90.2. The lowest BCUT2D eigenvalue weighted by Crippen LogP contribution is -2.37. The first-order chi connectivity index (χ1) is 41.0. The van der Waals surface area contributed by atoms with Crippen LogP contribution in [0.4, 0.5) is 0 Å². The second-order valence-electron chi connectivity index (χ2n) is 24.2. The number of carbonyl (C=O) groups is 2. The Bertz CT molecular complexity index is 1790. The first kappa shape index (κ1) is 80.7. The molecule has 2 unspecified atom stereocenters. The van der Waals surface area contributed by atoms with Gasteiger partial charge in [-0.3, -0.25) is 14.2 Å². The summed E-state index contributed by atoms with van der Waals surface area (Å²) < 4.78 is 34.3. The van der Waals surface area contributed by atoms with E-state index in [9.17, 15) is 19.0 Å². The number of hydrogen-bond donors (Lipinski definition) is 0. The standard InChI is InChI=1S/C74H130NO8P/c1-6-8-10-12-14-16-18-20-22-24-26-27-28-29-30-31-32-33-34-35-36-37-38-39-40-41-42-43-44-45-46-47-49-51-53-55-57-59-61-63-65-67-74(77)83-72(71-82-84(78,79)81-69-68-75(3,4)5)70-80-73(76)66-64-62-60-58-56-54-52-50-48-25-23-21-19-17-15-13-11-9-7-2/h8,10,14,16,20,22,26-27,29-30,32-33,35-36,38-39,41-42,72H,6-7,9,11-13,15,17-19,21,23-25,28,31,34,37,40,43-71H2,1-5H3/b10-8-,16-14-,22-20-,27-26-,30-29-,33-32-,36-35-,39-38-,42-41-. The Kier molecular flexibility index (Phi) is 61.6. The van der Waals surface area contributed by atoms with Crippen molar-refractivity contribution in [2.45, 2.75) is 302 Å². The fraction of sp³-hybridized carbons (Fsp3) is 0.730. The number of hydrogen-bond acceptors (Lipinski definition) is 8. The van der Waals surface area contributed by atoms with E-state index in [2.05, 4.69) is 123 Å². The predicted octanol–water partition coefficient (Wildman–Crippen LogP) is 21.9. The number of nitrogens with zero attached hydrogens (tertiary/aromatic N) is 1. The monoisotopic (exact) mass is 1190 g/mol. The van der Waals surface area contributed by atoms with Crippen molar-refractivity contribution >= 4 is 19.8 Å². The Morgan fingerprint density at radius 1 is 0.381 bits per heavy atom. The van der Waals surface area contributed by atoms with E-state index in [1.165, 1.54) is 167 Å². The van der Waals surface area contributed by atoms with Gasteiger partial charge >= 0.3 is 11.9 Å². The van der Waals surface area contributed by atoms with Crippen molar-refractivity contribution in [3.63, 3.8) is 0 Å². The minimum Gasteiger partial charge on any atom is -0.756 e. The van der Waals surface area contributed by atoms with Crippen LogP contribution in [-0.4, -0.2) is 70.0 Å². The Morgan fingerprint density at radius 2 is 0.679 bits per heavy atom. The normalized spacial score (nSPS) is 13.8. The molecule has 0 aliphatic carbocycles. The first-order valence-corrected chi connectivity index (χ1v) is 36.1. The maximum Gasteiger partial charge on any atom is 0.306 e. The highest BCUT2D eigenvalue weighted by atomic mass is 31.2. The van der Waals surface area contributed by atoms with Gasteiger partial charge in [-0.2, -0.15) is 0 Å². The molecule has 0 bridgehead atoms. The van der Waals surface area contributed by atoms with Crippen molar-refractivity contribution in [1.29, 1.82) is 0 Å². The van der Waals surface area contributed by atoms with Crippen LogP contribution in [0.5, 0.6) is 0 Å². The summed E-state index contributed by atoms with van der Waals surface area (Å²) in [6.45, 7) is 4.16. The molecule has 0 rings (SSSR count). The molecule has 10 heteroatoms. The number of unbranched alkanes of at least 4 members (excludes halogenated alkanes) is 31. The number of likely N-dealkylation sites (N-methyl/N-ethyl adjacent to an activating group) is 1. The highest BCUT2D eigenvalue weighted by molar-refractivity contribution is 7.45. The summed E-state index contributed by atoms with van der Waals surface area (Å²) in [5, 5.41) is 0. The Balaban J connectivity index is 4.03. The Morgan fingerprint density at radius 3 is 1.01 bits per heavy atom. The minimum absolute atomic E-state index is 0.0327. The largest absolute Gasteiger partial charge is 0.756 e. The topological polar surface area (TPSA) is 111 Å². The highest BCUT2D eigenvalue weighted by Crippen LogP contribution is 2.38. The third kappa shape index (κ3) is 67.8. The van der Waals surface area contributed by atoms with Crippen molar-refractivity contribution in [1.82, 2.24) is 0 Å². The van der Waals surface area contributed by atoms with Crippen LogP contribution in [0.1, 0.15) is 296 Å². The maximum absolute atomic E-state index is 12.9. The Hall–Kier alpha value is -3.33. The lowest BCUT2D eigenvalue weighted by atomic mass is 10.0. The van der Waals surface area contributed by atoms with Crippen LogP contribution in [0.25, 0.3) is 0 Å². The van der Waals surface area contributed by atoms with E-state index in [4.69, 9.17) is 18.5 Å². The lowest BCUT2D eigenvalue weighted by molar-refractivity contribution is -0.870. The number of phosphoric acid groups is 1. The SMILES string of the molecule is CC/C=C\C/C=C\C/C=C\C/C=C\C/C=C\C/C=C\C/C=C\C/C=C\C/C=C\CCCCCCCCCCCCCCCC(=O)OC(COC(=O)CCCCCCCCCCCCCCCCCCCCC)COP(=O)([O-])OCC[N+](C)(C)C. The van der Waals surface area contributed by atoms with Crippen LogP contribution in [0.15, 0.2) is 109 Å². The second-order valence-corrected chi connectivity index (χ2v) is 25.6. The van der Waals surface area contributed by atoms with Gasteiger partial charge in [-0.05, 0) is 83.5 Å². The van der Waals surface area contributed by atoms with Crippen molar-refractivity contribution in [2.75, 3.05) is 47.5 Å². The van der Waals surface area contributed by atoms with Gasteiger partial charge in [0, 0.05) is 12.8 Å². The van der Waals surface area contributed by atoms with E-state index >= 15 is 0 Å². The molecule has 0 N–H and O–H groups in total. The summed E-state index contributed by atoms with van der Waals surface area (Å²) in [4.78, 5) is 38.0. The van der Waals surface area contributed by atoms with Gasteiger partial charge in [-0.25, -0.2) is 0 Å². The van der Waals surface area contributed by atoms with E-state index in [1.807, 2.05) is 21.1 Å². The zero-order valence-electron chi connectivity index (χ0n) is 55.1. The van der Waals surface area contributed by atoms with Gasteiger partial charge in [-0.1, -0.05) is 309 Å². The van der Waals surface area contributed by atoms with E-state index in [1.54, 1.807) is 0 Å². The van der Waals surface area contributed by atoms with E-state index in [0.29, 0.717) is 17.4 Å². The minimum atomic E-state index is -4.64. The third-order valence-corrected chi connectivity index (χ3v) is 15.8. The molecular weight excluding hydrogens is 1060 g/mol. The number of phosphoric ester groups is 1. The Labute approximate surface area is 518 Å². The van der Waals surface area contributed by atoms with Crippen molar-refractivity contribution in [3.05, 3.63) is 109 Å². The van der Waals surface area contributed by atoms with Gasteiger partial charge in [0.1, 0.15) is 19.8 Å². The van der Waals surface area contributed by atoms with E-state index in [-0.39, 0.29) is 32.0 Å². The van der Waals surface area contributed by atoms with Crippen LogP contribution < -0.4 is 4.89 Å². The van der Waals surface area contributed by atoms with Gasteiger partial charge in [0.05, 0.1) is 27.7 Å². The number of esters is 2. The van der Waals surface area contributed by atoms with E-state index < -0.39 is 26.5 Å². The highest BCUT2D eigenvalue weighted by Gasteiger charge is 2.22. The zero-order valence-corrected chi connectivity index (χ0v) is 56.0. The number of quaternary nitrogens is 1. The molecule has 9 nitrogen and oxygen atoms in total. The molecule has 84 heavy (non-hydrogen) atoms. The molecule has 0 amide bonds. The second kappa shape index (κ2) is 64.2. The molecule has 0 heterocycles. The predicted molar refractivity (Wildman–Crippen MR) is 360 cm³/mol. The average Bonchev–Trinajstić information content (AvgIpc) is 3.61. The molecule has 0 radical (unpaired) electrons. The van der Waals surface area contributed by atoms with Gasteiger partial charge in [-0.15, -0.1) is 0 Å². The molecule has 0 aliphatic heterocycles. The molecule has 2 atom stereocenters. The fourth-order valence-electron chi connectivity index (χ4n) is 9.53. The third-order valence-electron chi connectivity index (χ3n) is 14.8. The number of ether oxygens (including phenoxy) is 2. The lowest BCUT2D eigenvalue weighted by Gasteiger charge is -2.28. The smallest absolute Gasteiger partial charge is 0.306 e. The van der Waals surface area contributed by atoms with Crippen LogP contribution >= 0.6 is 7.82 Å². The van der Waals surface area contributed by atoms with Crippen molar-refractivity contribution < 1.29 is 42.1 Å². The van der Waals surface area contributed by atoms with Crippen LogP contribution in [0.3, 0.4) is 0 Å². The van der Waals surface area contributed by atoms with Crippen LogP contribution in [0, 0.1) is 0 Å². The van der Waals surface area contributed by atoms with Gasteiger partial charge < -0.3 is 27.9 Å². The van der Waals surface area contributed by atoms with Gasteiger partial charge in [0.2, 0.25) is 0 Å². The quantitative estimate of drug-likeness (QED) is 0.0195. The zero-order chi connectivity index (χ0) is 61.2. The van der Waals surface area contributed by atoms with Crippen molar-refractivity contribution in [3.8, 4) is 0 Å². The molecule has 0 spiro atoms. The number of carbonyl (C=O) groups excluding carboxylic acids is 2. The van der Waals surface area contributed by atoms with Gasteiger partial charge in [0.15, 0.2) is 6.10 Å². The van der Waals surface area contributed by atoms with Crippen LogP contribution in [0.2, 0.25) is 0 Å². The van der Waals surface area contributed by atoms with E-state index in [0.717, 1.165) is 96.3 Å². The molecule has 484 valence electrons. The summed E-state index contributed by atoms with van der Waals surface area (Å²) in [5.74, 6) is -0.826. The summed E-state index contributed by atoms with van der Waals surface area (Å²) >= 11 is 0. The van der Waals surface area contributed by atoms with Crippen molar-refractivity contribution in [2.24, 2.45) is 0 Å². The number of allylic oxidation sites excluding steroid dienone is 18. The maximum atomic E-state index is 12.9. The molecule has 0 saturated carbocycles. The number of rotatable bonds is 63. The molecule has 0 aromatic rings. The molecule has 0 saturated heterocycles. The van der Waals surface area contributed by atoms with Gasteiger partial charge in [0.25, 0.3) is 7.82 Å². The summed E-state index contributed by atoms with van der Waals surface area (Å²) in [7, 11) is 1.17. The molecule has 0 aromatic heterocycles. The summed E-state index contributed by atoms with van der Waals surface area (Å²) in [5.41, 5.74) is 0. The first-order valence-electron chi connectivity index (χ1n) is 34.6. The molecule has 0 fully saturated rings. The molecule has 0 aromatic carbocycles. The van der Waals surface area contributed by atoms with Crippen LogP contribution in [-0.2, 0) is 32.7 Å².